The van der Waals surface area contributed by atoms with Crippen molar-refractivity contribution >= 4 is 28.8 Å². The van der Waals surface area contributed by atoms with Crippen LogP contribution in [-0.2, 0) is 16.3 Å². The Morgan fingerprint density at radius 3 is 2.50 bits per heavy atom. The Labute approximate surface area is 72.2 Å². The predicted molar refractivity (Wildman–Crippen MR) is 50.0 cm³/mol. The maximum atomic E-state index is 5.76. The molecule has 0 aliphatic heterocycles. The van der Waals surface area contributed by atoms with Crippen molar-refractivity contribution in [2.75, 3.05) is 13.7 Å². The molecule has 0 saturated carbocycles. The summed E-state index contributed by atoms with van der Waals surface area (Å²) >= 11 is 10.7. The first kappa shape index (κ1) is 10.9. The normalized spacial score (nSPS) is 17.3. The van der Waals surface area contributed by atoms with Gasteiger partial charge in [0.05, 0.1) is 0 Å². The summed E-state index contributed by atoms with van der Waals surface area (Å²) in [7, 11) is 1.53. The monoisotopic (exact) mass is 201 g/mol. The third kappa shape index (κ3) is 5.63. The lowest BCUT2D eigenvalue weighted by Crippen LogP contribution is -2.14. The topological polar surface area (TPSA) is 21.3 Å². The summed E-state index contributed by atoms with van der Waals surface area (Å²) in [5.74, 6) is -1.62. The molecule has 1 atom stereocenters. The molecular weight excluding hydrogens is 189 g/mol. The van der Waals surface area contributed by atoms with Crippen molar-refractivity contribution in [3.05, 3.63) is 0 Å². The van der Waals surface area contributed by atoms with E-state index in [1.54, 1.807) is 0 Å². The van der Waals surface area contributed by atoms with E-state index in [1.165, 1.54) is 7.11 Å². The van der Waals surface area contributed by atoms with Crippen LogP contribution in [-0.4, -0.2) is 13.7 Å². The van der Waals surface area contributed by atoms with Crippen LogP contribution in [0.1, 0.15) is 13.8 Å². The quantitative estimate of drug-likeness (QED) is 0.706. The molecule has 0 aliphatic carbocycles. The van der Waals surface area contributed by atoms with Crippen molar-refractivity contribution in [1.29, 1.82) is 0 Å². The molecule has 0 rings (SSSR count). The molecule has 0 heterocycles. The summed E-state index contributed by atoms with van der Waals surface area (Å²) in [5.41, 5.74) is 0. The van der Waals surface area contributed by atoms with Gasteiger partial charge < -0.3 is 4.52 Å². The van der Waals surface area contributed by atoms with Gasteiger partial charge in [-0.1, -0.05) is 13.8 Å². The molecule has 1 unspecified atom stereocenters. The van der Waals surface area contributed by atoms with Gasteiger partial charge >= 0.3 is 0 Å². The summed E-state index contributed by atoms with van der Waals surface area (Å²) in [5, 5.41) is 2.98. The Morgan fingerprint density at radius 1 is 1.70 bits per heavy atom. The minimum atomic E-state index is -2.17. The Bertz CT molecular complexity index is 142. The Balaban J connectivity index is 3.58. The van der Waals surface area contributed by atoms with E-state index >= 15 is 0 Å². The van der Waals surface area contributed by atoms with E-state index in [2.05, 4.69) is 18.9 Å². The van der Waals surface area contributed by atoms with E-state index in [1.807, 2.05) is 0 Å². The number of nitrogens with one attached hydrogen (secondary N) is 1. The van der Waals surface area contributed by atoms with E-state index in [9.17, 15) is 0 Å². The SMILES string of the molecule is COP(=S)(Cl)NCC(C)C. The lowest BCUT2D eigenvalue weighted by atomic mass is 10.2. The first-order valence-corrected chi connectivity index (χ1v) is 6.71. The maximum absolute atomic E-state index is 5.76. The molecule has 62 valence electrons. The van der Waals surface area contributed by atoms with Crippen LogP contribution in [0.5, 0.6) is 0 Å². The molecule has 0 aliphatic rings. The molecular formula is C5H13ClNOPS. The van der Waals surface area contributed by atoms with Gasteiger partial charge in [-0.3, -0.25) is 5.09 Å². The van der Waals surface area contributed by atoms with Crippen molar-refractivity contribution in [3.8, 4) is 0 Å². The molecule has 2 nitrogen and oxygen atoms in total. The Hall–Kier alpha value is 0.860. The highest BCUT2D eigenvalue weighted by Crippen LogP contribution is 2.47. The van der Waals surface area contributed by atoms with Crippen LogP contribution in [0.25, 0.3) is 0 Å². The highest BCUT2D eigenvalue weighted by Gasteiger charge is 2.09. The highest BCUT2D eigenvalue weighted by molar-refractivity contribution is 8.23. The number of rotatable bonds is 4. The van der Waals surface area contributed by atoms with Gasteiger partial charge in [0.15, 0.2) is 0 Å². The van der Waals surface area contributed by atoms with Crippen LogP contribution < -0.4 is 5.09 Å². The summed E-state index contributed by atoms with van der Waals surface area (Å²) in [6.07, 6.45) is 0. The molecule has 0 aromatic rings. The molecule has 0 bridgehead atoms. The third-order valence-corrected chi connectivity index (χ3v) is 3.56. The zero-order valence-corrected chi connectivity index (χ0v) is 8.89. The van der Waals surface area contributed by atoms with Crippen molar-refractivity contribution in [3.63, 3.8) is 0 Å². The third-order valence-electron chi connectivity index (χ3n) is 0.923. The summed E-state index contributed by atoms with van der Waals surface area (Å²) < 4.78 is 4.87. The van der Waals surface area contributed by atoms with Gasteiger partial charge in [0, 0.05) is 13.7 Å². The first-order chi connectivity index (χ1) is 4.48. The van der Waals surface area contributed by atoms with Crippen LogP contribution in [0.15, 0.2) is 0 Å². The average molecular weight is 202 g/mol. The van der Waals surface area contributed by atoms with E-state index in [0.717, 1.165) is 6.54 Å². The fourth-order valence-corrected chi connectivity index (χ4v) is 1.50. The van der Waals surface area contributed by atoms with Gasteiger partial charge in [0.25, 0.3) is 0 Å². The summed E-state index contributed by atoms with van der Waals surface area (Å²) in [6, 6.07) is 0. The molecule has 0 amide bonds. The van der Waals surface area contributed by atoms with Crippen molar-refractivity contribution in [2.45, 2.75) is 13.8 Å². The smallest absolute Gasteiger partial charge is 0.218 e. The van der Waals surface area contributed by atoms with Crippen LogP contribution in [0.3, 0.4) is 0 Å². The van der Waals surface area contributed by atoms with Gasteiger partial charge in [-0.25, -0.2) is 0 Å². The largest absolute Gasteiger partial charge is 0.330 e. The van der Waals surface area contributed by atoms with Gasteiger partial charge in [0.2, 0.25) is 5.77 Å². The zero-order chi connectivity index (χ0) is 8.20. The molecule has 0 saturated heterocycles. The molecule has 5 heteroatoms. The Kier molecular flexibility index (Phi) is 5.08. The number of hydrogen-bond donors (Lipinski definition) is 1. The predicted octanol–water partition coefficient (Wildman–Crippen LogP) is 2.34. The van der Waals surface area contributed by atoms with Gasteiger partial charge in [0.1, 0.15) is 0 Å². The van der Waals surface area contributed by atoms with E-state index in [0.29, 0.717) is 5.92 Å². The number of halogens is 1. The van der Waals surface area contributed by atoms with Crippen LogP contribution >= 0.6 is 17.0 Å². The lowest BCUT2D eigenvalue weighted by Gasteiger charge is -2.14. The molecule has 10 heavy (non-hydrogen) atoms. The van der Waals surface area contributed by atoms with Crippen molar-refractivity contribution < 1.29 is 4.52 Å². The average Bonchev–Trinajstić information content (AvgIpc) is 1.85. The molecule has 1 N–H and O–H groups in total. The second-order valence-corrected chi connectivity index (χ2v) is 7.63. The maximum Gasteiger partial charge on any atom is 0.218 e. The van der Waals surface area contributed by atoms with Crippen molar-refractivity contribution in [1.82, 2.24) is 5.09 Å². The van der Waals surface area contributed by atoms with Gasteiger partial charge in [-0.2, -0.15) is 0 Å². The minimum absolute atomic E-state index is 0.552. The van der Waals surface area contributed by atoms with E-state index in [4.69, 9.17) is 27.6 Å². The molecule has 0 radical (unpaired) electrons. The van der Waals surface area contributed by atoms with Crippen molar-refractivity contribution in [2.24, 2.45) is 5.92 Å². The van der Waals surface area contributed by atoms with Gasteiger partial charge in [-0.05, 0) is 29.0 Å². The Morgan fingerprint density at radius 2 is 2.20 bits per heavy atom. The van der Waals surface area contributed by atoms with Crippen LogP contribution in [0, 0.1) is 5.92 Å². The van der Waals surface area contributed by atoms with E-state index in [-0.39, 0.29) is 0 Å². The standard InChI is InChI=1S/C5H13ClNOPS/c1-5(2)4-7-9(6,10)8-3/h5H,4H2,1-3H3,(H,7,10). The lowest BCUT2D eigenvalue weighted by molar-refractivity contribution is 0.456. The second-order valence-electron chi connectivity index (χ2n) is 2.42. The van der Waals surface area contributed by atoms with Crippen LogP contribution in [0.2, 0.25) is 0 Å². The van der Waals surface area contributed by atoms with Gasteiger partial charge in [-0.15, -0.1) is 0 Å². The summed E-state index contributed by atoms with van der Waals surface area (Å²) in [4.78, 5) is 0. The first-order valence-electron chi connectivity index (χ1n) is 3.08. The highest BCUT2D eigenvalue weighted by atomic mass is 35.7. The molecule has 0 spiro atoms. The molecule has 0 aromatic heterocycles. The van der Waals surface area contributed by atoms with Crippen LogP contribution in [0.4, 0.5) is 0 Å². The minimum Gasteiger partial charge on any atom is -0.330 e. The summed E-state index contributed by atoms with van der Waals surface area (Å²) in [6.45, 7) is 5.00. The fourth-order valence-electron chi connectivity index (χ4n) is 0.356. The second kappa shape index (κ2) is 4.68. The molecule has 0 fully saturated rings. The zero-order valence-electron chi connectivity index (χ0n) is 6.43. The van der Waals surface area contributed by atoms with E-state index < -0.39 is 5.77 Å². The molecule has 0 aromatic carbocycles. The fraction of sp³-hybridized carbons (Fsp3) is 1.00. The number of hydrogen-bond acceptors (Lipinski definition) is 2.